The highest BCUT2D eigenvalue weighted by Gasteiger charge is 2.30. The molecule has 0 radical (unpaired) electrons. The van der Waals surface area contributed by atoms with Gasteiger partial charge in [0.25, 0.3) is 0 Å². The summed E-state index contributed by atoms with van der Waals surface area (Å²) < 4.78 is 18.8. The summed E-state index contributed by atoms with van der Waals surface area (Å²) in [4.78, 5) is 19.1. The van der Waals surface area contributed by atoms with Crippen molar-refractivity contribution in [3.05, 3.63) is 30.1 Å². The van der Waals surface area contributed by atoms with E-state index in [1.54, 1.807) is 19.2 Å². The Kier molecular flexibility index (Phi) is 11.2. The van der Waals surface area contributed by atoms with Gasteiger partial charge in [-0.1, -0.05) is 0 Å². The van der Waals surface area contributed by atoms with Crippen LogP contribution in [-0.2, 0) is 4.79 Å². The van der Waals surface area contributed by atoms with E-state index in [4.69, 9.17) is 4.74 Å². The number of nitrogens with one attached hydrogen (secondary N) is 2. The van der Waals surface area contributed by atoms with Crippen LogP contribution in [0, 0.1) is 11.7 Å². The minimum Gasteiger partial charge on any atom is -0.489 e. The molecule has 9 heteroatoms. The number of hydrogen-bond acceptors (Lipinski definition) is 4. The molecule has 0 aromatic heterocycles. The maximum atomic E-state index is 13.0. The second kappa shape index (κ2) is 13.3. The predicted molar refractivity (Wildman–Crippen MR) is 136 cm³/mol. The van der Waals surface area contributed by atoms with Crippen LogP contribution in [0.3, 0.4) is 0 Å². The molecule has 3 rings (SSSR count). The van der Waals surface area contributed by atoms with Gasteiger partial charge in [-0.25, -0.2) is 4.39 Å². The van der Waals surface area contributed by atoms with Gasteiger partial charge in [0.2, 0.25) is 5.91 Å². The second-order valence-electron chi connectivity index (χ2n) is 7.97. The molecular weight excluding hydrogens is 530 g/mol. The van der Waals surface area contributed by atoms with Crippen LogP contribution in [0.15, 0.2) is 29.3 Å². The minimum absolute atomic E-state index is 0. The molecule has 1 aromatic carbocycles. The predicted octanol–water partition coefficient (Wildman–Crippen LogP) is 3.51. The molecule has 1 amide bonds. The number of amides is 1. The van der Waals surface area contributed by atoms with E-state index in [9.17, 15) is 9.18 Å². The smallest absolute Gasteiger partial charge is 0.225 e. The van der Waals surface area contributed by atoms with Crippen molar-refractivity contribution in [1.82, 2.24) is 15.5 Å². The van der Waals surface area contributed by atoms with Gasteiger partial charge in [0.15, 0.2) is 5.96 Å². The van der Waals surface area contributed by atoms with Crippen molar-refractivity contribution >= 4 is 47.6 Å². The molecule has 1 atom stereocenters. The number of hydrogen-bond donors (Lipinski definition) is 2. The Hall–Kier alpha value is -1.23. The monoisotopic (exact) mass is 564 g/mol. The normalized spacial score (nSPS) is 22.8. The second-order valence-corrected chi connectivity index (χ2v) is 9.19. The number of benzene rings is 1. The van der Waals surface area contributed by atoms with Gasteiger partial charge in [-0.15, -0.1) is 24.0 Å². The van der Waals surface area contributed by atoms with E-state index in [1.165, 1.54) is 12.1 Å². The van der Waals surface area contributed by atoms with E-state index in [2.05, 4.69) is 20.5 Å². The zero-order valence-corrected chi connectivity index (χ0v) is 21.5. The Morgan fingerprint density at radius 1 is 1.23 bits per heavy atom. The third-order valence-electron chi connectivity index (χ3n) is 5.67. The van der Waals surface area contributed by atoms with Crippen molar-refractivity contribution in [2.24, 2.45) is 10.9 Å². The lowest BCUT2D eigenvalue weighted by Gasteiger charge is -2.34. The van der Waals surface area contributed by atoms with Gasteiger partial charge in [0, 0.05) is 43.6 Å². The number of aliphatic imine (C=N–C) groups is 1. The minimum atomic E-state index is -0.274. The van der Waals surface area contributed by atoms with Gasteiger partial charge in [-0.2, -0.15) is 11.8 Å². The van der Waals surface area contributed by atoms with Crippen LogP contribution in [0.2, 0.25) is 0 Å². The molecule has 31 heavy (non-hydrogen) atoms. The summed E-state index contributed by atoms with van der Waals surface area (Å²) in [5.74, 6) is 3.76. The van der Waals surface area contributed by atoms with Gasteiger partial charge in [-0.05, 0) is 56.9 Å². The quantitative estimate of drug-likeness (QED) is 0.315. The fourth-order valence-corrected chi connectivity index (χ4v) is 4.85. The molecule has 1 unspecified atom stereocenters. The number of guanidine groups is 1. The van der Waals surface area contributed by atoms with E-state index in [1.807, 2.05) is 18.7 Å². The molecule has 1 saturated carbocycles. The van der Waals surface area contributed by atoms with Crippen molar-refractivity contribution in [3.8, 4) is 5.75 Å². The number of halogens is 2. The Morgan fingerprint density at radius 2 is 1.87 bits per heavy atom. The standard InChI is InChI=1S/C22H33FN4O2S.HI/c1-16(29-20-9-5-18(23)6-10-20)15-25-22(24-2)26-19-7-3-17(4-8-19)21(28)27-11-13-30-14-12-27;/h5-6,9-10,16-17,19H,3-4,7-8,11-15H2,1-2H3,(H2,24,25,26);1H. The maximum Gasteiger partial charge on any atom is 0.225 e. The van der Waals surface area contributed by atoms with E-state index in [0.717, 1.165) is 56.2 Å². The van der Waals surface area contributed by atoms with Crippen LogP contribution in [0.4, 0.5) is 4.39 Å². The third kappa shape index (κ3) is 8.32. The summed E-state index contributed by atoms with van der Waals surface area (Å²) in [5, 5.41) is 6.77. The molecule has 174 valence electrons. The summed E-state index contributed by atoms with van der Waals surface area (Å²) in [6.45, 7) is 4.34. The number of nitrogens with zero attached hydrogens (tertiary/aromatic N) is 2. The van der Waals surface area contributed by atoms with Crippen LogP contribution < -0.4 is 15.4 Å². The summed E-state index contributed by atoms with van der Waals surface area (Å²) in [5.41, 5.74) is 0. The highest BCUT2D eigenvalue weighted by Crippen LogP contribution is 2.27. The molecule has 2 fully saturated rings. The van der Waals surface area contributed by atoms with E-state index >= 15 is 0 Å². The number of carbonyl (C=O) groups is 1. The van der Waals surface area contributed by atoms with E-state index < -0.39 is 0 Å². The Morgan fingerprint density at radius 3 is 2.48 bits per heavy atom. The molecule has 1 aliphatic carbocycles. The fourth-order valence-electron chi connectivity index (χ4n) is 3.94. The number of ether oxygens (including phenoxy) is 1. The SMILES string of the molecule is CN=C(NCC(C)Oc1ccc(F)cc1)NC1CCC(C(=O)N2CCSCC2)CC1.I. The van der Waals surface area contributed by atoms with Crippen LogP contribution >= 0.6 is 35.7 Å². The molecule has 2 aliphatic rings. The zero-order valence-electron chi connectivity index (χ0n) is 18.3. The maximum absolute atomic E-state index is 13.0. The van der Waals surface area contributed by atoms with Crippen molar-refractivity contribution in [2.75, 3.05) is 38.2 Å². The number of rotatable bonds is 6. The van der Waals surface area contributed by atoms with Gasteiger partial charge in [-0.3, -0.25) is 9.79 Å². The molecule has 1 heterocycles. The van der Waals surface area contributed by atoms with Gasteiger partial charge in [0.05, 0.1) is 6.54 Å². The molecule has 2 N–H and O–H groups in total. The number of thioether (sulfide) groups is 1. The largest absolute Gasteiger partial charge is 0.489 e. The summed E-state index contributed by atoms with van der Waals surface area (Å²) in [7, 11) is 1.75. The van der Waals surface area contributed by atoms with Crippen LogP contribution in [0.25, 0.3) is 0 Å². The number of carbonyl (C=O) groups excluding carboxylic acids is 1. The average molecular weight is 565 g/mol. The molecular formula is C22H34FIN4O2S. The first-order valence-electron chi connectivity index (χ1n) is 10.8. The van der Waals surface area contributed by atoms with E-state index in [-0.39, 0.29) is 41.8 Å². The lowest BCUT2D eigenvalue weighted by Crippen LogP contribution is -2.48. The lowest BCUT2D eigenvalue weighted by atomic mass is 9.85. The van der Waals surface area contributed by atoms with Crippen LogP contribution in [0.5, 0.6) is 5.75 Å². The van der Waals surface area contributed by atoms with Gasteiger partial charge < -0.3 is 20.3 Å². The average Bonchev–Trinajstić information content (AvgIpc) is 2.78. The van der Waals surface area contributed by atoms with E-state index in [0.29, 0.717) is 24.2 Å². The Bertz CT molecular complexity index is 708. The van der Waals surface area contributed by atoms with Crippen molar-refractivity contribution < 1.29 is 13.9 Å². The molecule has 6 nitrogen and oxygen atoms in total. The van der Waals surface area contributed by atoms with Gasteiger partial charge in [0.1, 0.15) is 17.7 Å². The molecule has 1 saturated heterocycles. The van der Waals surface area contributed by atoms with Crippen LogP contribution in [0.1, 0.15) is 32.6 Å². The van der Waals surface area contributed by atoms with Crippen molar-refractivity contribution in [3.63, 3.8) is 0 Å². The Labute approximate surface area is 206 Å². The summed E-state index contributed by atoms with van der Waals surface area (Å²) in [6.07, 6.45) is 3.72. The first kappa shape index (κ1) is 26.0. The van der Waals surface area contributed by atoms with Gasteiger partial charge >= 0.3 is 0 Å². The zero-order chi connectivity index (χ0) is 21.3. The summed E-state index contributed by atoms with van der Waals surface area (Å²) >= 11 is 1.93. The molecule has 0 bridgehead atoms. The first-order valence-corrected chi connectivity index (χ1v) is 12.0. The van der Waals surface area contributed by atoms with Crippen molar-refractivity contribution in [1.29, 1.82) is 0 Å². The topological polar surface area (TPSA) is 66.0 Å². The first-order chi connectivity index (χ1) is 14.5. The molecule has 1 aliphatic heterocycles. The molecule has 1 aromatic rings. The fraction of sp³-hybridized carbons (Fsp3) is 0.636. The third-order valence-corrected chi connectivity index (χ3v) is 6.61. The van der Waals surface area contributed by atoms with Crippen LogP contribution in [-0.4, -0.2) is 67.1 Å². The Balaban J connectivity index is 0.00000341. The molecule has 0 spiro atoms. The highest BCUT2D eigenvalue weighted by atomic mass is 127. The highest BCUT2D eigenvalue weighted by molar-refractivity contribution is 14.0. The summed E-state index contributed by atoms with van der Waals surface area (Å²) in [6, 6.07) is 6.36. The van der Waals surface area contributed by atoms with Crippen molar-refractivity contribution in [2.45, 2.75) is 44.8 Å². The lowest BCUT2D eigenvalue weighted by molar-refractivity contribution is -0.136.